The standard InChI is InChI=1S/C34H33F2NO3/c35-30-13-9-27(10-14-30)34(39,28-11-15-31(36)16-12-28)29-19-22-37(23-20-29)21-4-24-40-32-17-7-26(8-18-32)33(38)25-5-2-1-3-6-25/h1-3,5-18,29,39H,4,19-24H2. The van der Waals surface area contributed by atoms with Crippen molar-refractivity contribution in [2.45, 2.75) is 24.9 Å². The highest BCUT2D eigenvalue weighted by atomic mass is 19.1. The van der Waals surface area contributed by atoms with Crippen LogP contribution in [-0.2, 0) is 5.60 Å². The Hall–Kier alpha value is -3.87. The second-order valence-electron chi connectivity index (χ2n) is 10.3. The number of likely N-dealkylation sites (tertiary alicyclic amines) is 1. The number of piperidine rings is 1. The molecule has 4 aromatic carbocycles. The number of carbonyl (C=O) groups is 1. The zero-order chi connectivity index (χ0) is 28.0. The first-order chi connectivity index (χ1) is 19.4. The lowest BCUT2D eigenvalue weighted by Gasteiger charge is -2.42. The van der Waals surface area contributed by atoms with Crippen LogP contribution >= 0.6 is 0 Å². The molecule has 0 saturated carbocycles. The van der Waals surface area contributed by atoms with Crippen LogP contribution in [0.3, 0.4) is 0 Å². The van der Waals surface area contributed by atoms with Crippen LogP contribution in [0, 0.1) is 17.6 Å². The van der Waals surface area contributed by atoms with Crippen molar-refractivity contribution in [1.82, 2.24) is 4.90 Å². The lowest BCUT2D eigenvalue weighted by Crippen LogP contribution is -2.44. The Morgan fingerprint density at radius 2 is 1.30 bits per heavy atom. The fourth-order valence-electron chi connectivity index (χ4n) is 5.56. The number of hydrogen-bond acceptors (Lipinski definition) is 4. The number of carbonyl (C=O) groups excluding carboxylic acids is 1. The molecule has 1 N–H and O–H groups in total. The van der Waals surface area contributed by atoms with Gasteiger partial charge in [-0.3, -0.25) is 4.79 Å². The van der Waals surface area contributed by atoms with E-state index in [1.165, 1.54) is 24.3 Å². The van der Waals surface area contributed by atoms with Crippen molar-refractivity contribution < 1.29 is 23.4 Å². The molecule has 0 bridgehead atoms. The summed E-state index contributed by atoms with van der Waals surface area (Å²) in [5, 5.41) is 12.0. The van der Waals surface area contributed by atoms with Gasteiger partial charge < -0.3 is 14.7 Å². The molecule has 0 radical (unpaired) electrons. The van der Waals surface area contributed by atoms with E-state index in [1.54, 1.807) is 36.4 Å². The quantitative estimate of drug-likeness (QED) is 0.181. The van der Waals surface area contributed by atoms with E-state index >= 15 is 0 Å². The number of halogens is 2. The van der Waals surface area contributed by atoms with E-state index in [2.05, 4.69) is 4.90 Å². The molecule has 1 saturated heterocycles. The summed E-state index contributed by atoms with van der Waals surface area (Å²) in [6, 6.07) is 28.3. The second kappa shape index (κ2) is 12.5. The summed E-state index contributed by atoms with van der Waals surface area (Å²) < 4.78 is 33.2. The van der Waals surface area contributed by atoms with Gasteiger partial charge in [-0.2, -0.15) is 0 Å². The predicted octanol–water partition coefficient (Wildman–Crippen LogP) is 6.61. The molecule has 0 spiro atoms. The summed E-state index contributed by atoms with van der Waals surface area (Å²) in [5.74, 6) is -0.0981. The van der Waals surface area contributed by atoms with Gasteiger partial charge in [0, 0.05) is 17.7 Å². The highest BCUT2D eigenvalue weighted by molar-refractivity contribution is 6.08. The van der Waals surface area contributed by atoms with Crippen LogP contribution < -0.4 is 4.74 Å². The fourth-order valence-corrected chi connectivity index (χ4v) is 5.56. The number of nitrogens with zero attached hydrogens (tertiary/aromatic N) is 1. The van der Waals surface area contributed by atoms with Crippen molar-refractivity contribution in [3.05, 3.63) is 137 Å². The predicted molar refractivity (Wildman–Crippen MR) is 151 cm³/mol. The van der Waals surface area contributed by atoms with E-state index in [0.29, 0.717) is 28.9 Å². The van der Waals surface area contributed by atoms with Crippen molar-refractivity contribution >= 4 is 5.78 Å². The molecular weight excluding hydrogens is 508 g/mol. The van der Waals surface area contributed by atoms with Crippen molar-refractivity contribution in [3.63, 3.8) is 0 Å². The third-order valence-electron chi connectivity index (χ3n) is 7.79. The Bertz CT molecular complexity index is 1340. The van der Waals surface area contributed by atoms with Gasteiger partial charge in [-0.25, -0.2) is 8.78 Å². The maximum absolute atomic E-state index is 13.6. The lowest BCUT2D eigenvalue weighted by molar-refractivity contribution is -0.0147. The Kier molecular flexibility index (Phi) is 8.68. The molecule has 4 aromatic rings. The third kappa shape index (κ3) is 6.30. The van der Waals surface area contributed by atoms with Gasteiger partial charge in [-0.05, 0) is 97.9 Å². The van der Waals surface area contributed by atoms with Gasteiger partial charge in [-0.1, -0.05) is 54.6 Å². The first-order valence-corrected chi connectivity index (χ1v) is 13.7. The maximum Gasteiger partial charge on any atom is 0.193 e. The molecule has 0 atom stereocenters. The minimum absolute atomic E-state index is 0.0127. The summed E-state index contributed by atoms with van der Waals surface area (Å²) in [7, 11) is 0. The molecule has 0 amide bonds. The number of benzene rings is 4. The monoisotopic (exact) mass is 541 g/mol. The van der Waals surface area contributed by atoms with Gasteiger partial charge in [0.05, 0.1) is 6.61 Å². The van der Waals surface area contributed by atoms with Crippen LogP contribution in [0.15, 0.2) is 103 Å². The molecule has 1 fully saturated rings. The number of aliphatic hydroxyl groups is 1. The van der Waals surface area contributed by atoms with Gasteiger partial charge in [0.25, 0.3) is 0 Å². The van der Waals surface area contributed by atoms with Gasteiger partial charge in [0.2, 0.25) is 0 Å². The van der Waals surface area contributed by atoms with Gasteiger partial charge >= 0.3 is 0 Å². The summed E-state index contributed by atoms with van der Waals surface area (Å²) in [6.07, 6.45) is 2.35. The zero-order valence-corrected chi connectivity index (χ0v) is 22.3. The largest absolute Gasteiger partial charge is 0.494 e. The van der Waals surface area contributed by atoms with Crippen molar-refractivity contribution in [2.75, 3.05) is 26.2 Å². The van der Waals surface area contributed by atoms with E-state index in [9.17, 15) is 18.7 Å². The Labute approximate surface area is 233 Å². The normalized spacial score (nSPS) is 14.7. The molecular formula is C34H33F2NO3. The third-order valence-corrected chi connectivity index (χ3v) is 7.79. The van der Waals surface area contributed by atoms with Crippen molar-refractivity contribution in [2.24, 2.45) is 5.92 Å². The Morgan fingerprint density at radius 1 is 0.775 bits per heavy atom. The van der Waals surface area contributed by atoms with E-state index in [1.807, 2.05) is 42.5 Å². The Balaban J connectivity index is 1.13. The first-order valence-electron chi connectivity index (χ1n) is 13.7. The van der Waals surface area contributed by atoms with Crippen LogP contribution in [0.5, 0.6) is 5.75 Å². The van der Waals surface area contributed by atoms with E-state index in [0.717, 1.165) is 44.6 Å². The summed E-state index contributed by atoms with van der Waals surface area (Å²) in [4.78, 5) is 14.9. The second-order valence-corrected chi connectivity index (χ2v) is 10.3. The minimum atomic E-state index is -1.33. The molecule has 4 nitrogen and oxygen atoms in total. The fraction of sp³-hybridized carbons (Fsp3) is 0.265. The average Bonchev–Trinajstić information content (AvgIpc) is 3.00. The van der Waals surface area contributed by atoms with Crippen LogP contribution in [0.25, 0.3) is 0 Å². The molecule has 206 valence electrons. The number of rotatable bonds is 10. The summed E-state index contributed by atoms with van der Waals surface area (Å²) >= 11 is 0. The zero-order valence-electron chi connectivity index (χ0n) is 22.3. The van der Waals surface area contributed by atoms with E-state index < -0.39 is 5.60 Å². The average molecular weight is 542 g/mol. The highest BCUT2D eigenvalue weighted by Gasteiger charge is 2.41. The molecule has 5 rings (SSSR count). The molecule has 0 unspecified atom stereocenters. The number of hydrogen-bond donors (Lipinski definition) is 1. The maximum atomic E-state index is 13.6. The van der Waals surface area contributed by atoms with Crippen molar-refractivity contribution in [3.8, 4) is 5.75 Å². The van der Waals surface area contributed by atoms with Crippen LogP contribution in [0.1, 0.15) is 46.3 Å². The van der Waals surface area contributed by atoms with Crippen LogP contribution in [0.2, 0.25) is 0 Å². The molecule has 1 heterocycles. The van der Waals surface area contributed by atoms with E-state index in [-0.39, 0.29) is 23.3 Å². The lowest BCUT2D eigenvalue weighted by atomic mass is 9.72. The molecule has 40 heavy (non-hydrogen) atoms. The van der Waals surface area contributed by atoms with Gasteiger partial charge in [0.15, 0.2) is 5.78 Å². The van der Waals surface area contributed by atoms with E-state index in [4.69, 9.17) is 4.74 Å². The summed E-state index contributed by atoms with van der Waals surface area (Å²) in [6.45, 7) is 3.04. The van der Waals surface area contributed by atoms with Crippen molar-refractivity contribution in [1.29, 1.82) is 0 Å². The first kappa shape index (κ1) is 27.7. The highest BCUT2D eigenvalue weighted by Crippen LogP contribution is 2.42. The molecule has 0 aromatic heterocycles. The van der Waals surface area contributed by atoms with Crippen LogP contribution in [-0.4, -0.2) is 42.0 Å². The smallest absolute Gasteiger partial charge is 0.193 e. The minimum Gasteiger partial charge on any atom is -0.494 e. The van der Waals surface area contributed by atoms with Gasteiger partial charge in [-0.15, -0.1) is 0 Å². The topological polar surface area (TPSA) is 49.8 Å². The molecule has 6 heteroatoms. The SMILES string of the molecule is O=C(c1ccccc1)c1ccc(OCCCN2CCC(C(O)(c3ccc(F)cc3)c3ccc(F)cc3)CC2)cc1. The molecule has 1 aliphatic rings. The summed E-state index contributed by atoms with van der Waals surface area (Å²) in [5.41, 5.74) is 1.19. The Morgan fingerprint density at radius 3 is 1.85 bits per heavy atom. The molecule has 1 aliphatic heterocycles. The number of ketones is 1. The number of ether oxygens (including phenoxy) is 1. The molecule has 0 aliphatic carbocycles. The van der Waals surface area contributed by atoms with Gasteiger partial charge in [0.1, 0.15) is 23.0 Å². The van der Waals surface area contributed by atoms with Crippen LogP contribution in [0.4, 0.5) is 8.78 Å².